The molecule has 1 saturated heterocycles. The van der Waals surface area contributed by atoms with Gasteiger partial charge in [0.25, 0.3) is 0 Å². The van der Waals surface area contributed by atoms with Gasteiger partial charge in [-0.1, -0.05) is 11.6 Å². The third kappa shape index (κ3) is 4.81. The standard InChI is InChI=1S/C16H20ClN5O2S/c17-13-3-5-15(6-4-13)25(23,24)20-8-7-18-16-11-14(12-19-21-16)22-9-1-2-10-22/h3-6,11-12,20H,1-2,7-10H2,(H,18,21). The van der Waals surface area contributed by atoms with Crippen LogP contribution in [0.15, 0.2) is 41.4 Å². The molecule has 0 bridgehead atoms. The van der Waals surface area contributed by atoms with Crippen LogP contribution in [0.3, 0.4) is 0 Å². The number of hydrogen-bond donors (Lipinski definition) is 2. The van der Waals surface area contributed by atoms with Crippen LogP contribution in [0, 0.1) is 0 Å². The monoisotopic (exact) mass is 381 g/mol. The second kappa shape index (κ2) is 7.99. The van der Waals surface area contributed by atoms with Crippen molar-refractivity contribution in [2.75, 3.05) is 36.4 Å². The van der Waals surface area contributed by atoms with Crippen molar-refractivity contribution in [2.24, 2.45) is 0 Å². The Morgan fingerprint density at radius 3 is 2.56 bits per heavy atom. The van der Waals surface area contributed by atoms with Gasteiger partial charge >= 0.3 is 0 Å². The van der Waals surface area contributed by atoms with Crippen LogP contribution >= 0.6 is 11.6 Å². The van der Waals surface area contributed by atoms with Gasteiger partial charge in [0, 0.05) is 37.3 Å². The number of benzene rings is 1. The fourth-order valence-corrected chi connectivity index (χ4v) is 3.82. The number of anilines is 2. The third-order valence-corrected chi connectivity index (χ3v) is 5.69. The molecular weight excluding hydrogens is 362 g/mol. The molecule has 7 nitrogen and oxygen atoms in total. The summed E-state index contributed by atoms with van der Waals surface area (Å²) in [5.41, 5.74) is 1.04. The van der Waals surface area contributed by atoms with E-state index in [0.717, 1.165) is 18.8 Å². The molecular formula is C16H20ClN5O2S. The van der Waals surface area contributed by atoms with Gasteiger partial charge in [-0.25, -0.2) is 13.1 Å². The highest BCUT2D eigenvalue weighted by Gasteiger charge is 2.14. The SMILES string of the molecule is O=S(=O)(NCCNc1cc(N2CCCC2)cnn1)c1ccc(Cl)cc1. The van der Waals surface area contributed by atoms with Crippen molar-refractivity contribution in [3.8, 4) is 0 Å². The number of halogens is 1. The molecule has 1 aliphatic heterocycles. The van der Waals surface area contributed by atoms with Crippen molar-refractivity contribution in [2.45, 2.75) is 17.7 Å². The first-order chi connectivity index (χ1) is 12.0. The van der Waals surface area contributed by atoms with E-state index in [-0.39, 0.29) is 11.4 Å². The summed E-state index contributed by atoms with van der Waals surface area (Å²) in [7, 11) is -3.55. The van der Waals surface area contributed by atoms with E-state index in [4.69, 9.17) is 11.6 Å². The number of rotatable bonds is 7. The summed E-state index contributed by atoms with van der Waals surface area (Å²) in [5.74, 6) is 0.634. The lowest BCUT2D eigenvalue weighted by Crippen LogP contribution is -2.29. The highest BCUT2D eigenvalue weighted by molar-refractivity contribution is 7.89. The Bertz CT molecular complexity index is 808. The van der Waals surface area contributed by atoms with Gasteiger partial charge in [-0.3, -0.25) is 0 Å². The van der Waals surface area contributed by atoms with Crippen molar-refractivity contribution < 1.29 is 8.42 Å². The fourth-order valence-electron chi connectivity index (χ4n) is 2.66. The van der Waals surface area contributed by atoms with Gasteiger partial charge in [-0.05, 0) is 37.1 Å². The molecule has 0 radical (unpaired) electrons. The van der Waals surface area contributed by atoms with Gasteiger partial charge in [-0.15, -0.1) is 5.10 Å². The van der Waals surface area contributed by atoms with Crippen LogP contribution in [0.25, 0.3) is 0 Å². The molecule has 2 aromatic rings. The summed E-state index contributed by atoms with van der Waals surface area (Å²) in [6, 6.07) is 7.99. The van der Waals surface area contributed by atoms with Crippen LogP contribution in [-0.2, 0) is 10.0 Å². The largest absolute Gasteiger partial charge is 0.370 e. The molecule has 1 fully saturated rings. The maximum Gasteiger partial charge on any atom is 0.240 e. The molecule has 1 aliphatic rings. The van der Waals surface area contributed by atoms with E-state index in [1.54, 1.807) is 18.3 Å². The Morgan fingerprint density at radius 2 is 1.84 bits per heavy atom. The predicted octanol–water partition coefficient (Wildman–Crippen LogP) is 2.12. The van der Waals surface area contributed by atoms with Crippen molar-refractivity contribution in [3.05, 3.63) is 41.6 Å². The van der Waals surface area contributed by atoms with Crippen molar-refractivity contribution >= 4 is 33.1 Å². The summed E-state index contributed by atoms with van der Waals surface area (Å²) in [4.78, 5) is 2.45. The van der Waals surface area contributed by atoms with Crippen LogP contribution < -0.4 is 14.9 Å². The van der Waals surface area contributed by atoms with E-state index in [0.29, 0.717) is 17.4 Å². The molecule has 2 N–H and O–H groups in total. The summed E-state index contributed by atoms with van der Waals surface area (Å²) in [6.45, 7) is 2.71. The Balaban J connectivity index is 1.51. The normalized spacial score (nSPS) is 14.7. The first-order valence-corrected chi connectivity index (χ1v) is 9.97. The van der Waals surface area contributed by atoms with Gasteiger partial charge in [0.05, 0.1) is 16.8 Å². The minimum Gasteiger partial charge on any atom is -0.370 e. The summed E-state index contributed by atoms with van der Waals surface area (Å²) >= 11 is 5.77. The summed E-state index contributed by atoms with van der Waals surface area (Å²) in [5, 5.41) is 11.6. The van der Waals surface area contributed by atoms with Crippen LogP contribution in [0.5, 0.6) is 0 Å². The number of nitrogens with one attached hydrogen (secondary N) is 2. The minimum absolute atomic E-state index is 0.188. The Labute approximate surface area is 152 Å². The molecule has 25 heavy (non-hydrogen) atoms. The average molecular weight is 382 g/mol. The van der Waals surface area contributed by atoms with Gasteiger partial charge in [0.2, 0.25) is 10.0 Å². The third-order valence-electron chi connectivity index (χ3n) is 3.96. The fraction of sp³-hybridized carbons (Fsp3) is 0.375. The molecule has 134 valence electrons. The lowest BCUT2D eigenvalue weighted by Gasteiger charge is -2.17. The predicted molar refractivity (Wildman–Crippen MR) is 98.6 cm³/mol. The second-order valence-corrected chi connectivity index (χ2v) is 7.98. The van der Waals surface area contributed by atoms with E-state index in [1.165, 1.54) is 25.0 Å². The Kier molecular flexibility index (Phi) is 5.72. The number of hydrogen-bond acceptors (Lipinski definition) is 6. The zero-order valence-corrected chi connectivity index (χ0v) is 15.2. The zero-order valence-electron chi connectivity index (χ0n) is 13.7. The lowest BCUT2D eigenvalue weighted by molar-refractivity contribution is 0.583. The molecule has 9 heteroatoms. The van der Waals surface area contributed by atoms with E-state index in [9.17, 15) is 8.42 Å². The van der Waals surface area contributed by atoms with Gasteiger partial charge in [0.1, 0.15) is 0 Å². The van der Waals surface area contributed by atoms with E-state index in [2.05, 4.69) is 25.1 Å². The second-order valence-electron chi connectivity index (χ2n) is 5.77. The first-order valence-electron chi connectivity index (χ1n) is 8.11. The topological polar surface area (TPSA) is 87.2 Å². The van der Waals surface area contributed by atoms with Crippen molar-refractivity contribution in [1.29, 1.82) is 0 Å². The van der Waals surface area contributed by atoms with Crippen LogP contribution in [0.1, 0.15) is 12.8 Å². The molecule has 0 atom stereocenters. The smallest absolute Gasteiger partial charge is 0.240 e. The van der Waals surface area contributed by atoms with Gasteiger partial charge in [-0.2, -0.15) is 5.10 Å². The number of sulfonamides is 1. The zero-order chi connectivity index (χ0) is 17.7. The number of nitrogens with zero attached hydrogens (tertiary/aromatic N) is 3. The maximum absolute atomic E-state index is 12.2. The minimum atomic E-state index is -3.55. The molecule has 0 saturated carbocycles. The molecule has 1 aromatic heterocycles. The van der Waals surface area contributed by atoms with Gasteiger partial charge in [0.15, 0.2) is 5.82 Å². The summed E-state index contributed by atoms with van der Waals surface area (Å²) < 4.78 is 26.9. The number of aromatic nitrogens is 2. The quantitative estimate of drug-likeness (QED) is 0.714. The molecule has 0 unspecified atom stereocenters. The highest BCUT2D eigenvalue weighted by Crippen LogP contribution is 2.20. The maximum atomic E-state index is 12.2. The summed E-state index contributed by atoms with van der Waals surface area (Å²) in [6.07, 6.45) is 4.13. The van der Waals surface area contributed by atoms with Crippen LogP contribution in [0.4, 0.5) is 11.5 Å². The van der Waals surface area contributed by atoms with Crippen molar-refractivity contribution in [3.63, 3.8) is 0 Å². The Morgan fingerprint density at radius 1 is 1.12 bits per heavy atom. The Hall–Kier alpha value is -1.90. The van der Waals surface area contributed by atoms with Gasteiger partial charge < -0.3 is 10.2 Å². The van der Waals surface area contributed by atoms with Crippen LogP contribution in [-0.4, -0.2) is 44.8 Å². The molecule has 0 amide bonds. The molecule has 1 aromatic carbocycles. The highest BCUT2D eigenvalue weighted by atomic mass is 35.5. The van der Waals surface area contributed by atoms with Crippen molar-refractivity contribution in [1.82, 2.24) is 14.9 Å². The van der Waals surface area contributed by atoms with E-state index >= 15 is 0 Å². The lowest BCUT2D eigenvalue weighted by atomic mass is 10.4. The molecule has 3 rings (SSSR count). The first kappa shape index (κ1) is 17.9. The molecule has 0 aliphatic carbocycles. The molecule has 2 heterocycles. The molecule has 0 spiro atoms. The van der Waals surface area contributed by atoms with E-state index < -0.39 is 10.0 Å². The average Bonchev–Trinajstić information content (AvgIpc) is 3.14. The van der Waals surface area contributed by atoms with E-state index in [1.807, 2.05) is 6.07 Å². The van der Waals surface area contributed by atoms with Crippen LogP contribution in [0.2, 0.25) is 5.02 Å².